The molecule has 5 rings (SSSR count). The molecule has 1 atom stereocenters. The summed E-state index contributed by atoms with van der Waals surface area (Å²) in [6.07, 6.45) is 2.13. The van der Waals surface area contributed by atoms with Crippen LogP contribution < -0.4 is 11.2 Å². The fourth-order valence-electron chi connectivity index (χ4n) is 3.73. The van der Waals surface area contributed by atoms with Crippen LogP contribution in [0.5, 0.6) is 0 Å². The van der Waals surface area contributed by atoms with Crippen LogP contribution in [0, 0.1) is 5.92 Å². The highest BCUT2D eigenvalue weighted by Gasteiger charge is 2.36. The van der Waals surface area contributed by atoms with E-state index in [2.05, 4.69) is 9.88 Å². The van der Waals surface area contributed by atoms with Crippen molar-refractivity contribution >= 4 is 22.5 Å². The van der Waals surface area contributed by atoms with Gasteiger partial charge in [-0.15, -0.1) is 0 Å². The minimum atomic E-state index is -0.325. The molecular weight excluding hydrogens is 290 g/mol. The van der Waals surface area contributed by atoms with Crippen LogP contribution in [0.1, 0.15) is 18.9 Å². The summed E-state index contributed by atoms with van der Waals surface area (Å²) in [4.78, 5) is 30.2. The van der Waals surface area contributed by atoms with Gasteiger partial charge in [0.25, 0.3) is 5.56 Å². The zero-order chi connectivity index (χ0) is 14.6. The third kappa shape index (κ3) is 2.03. The first-order valence-corrected chi connectivity index (χ1v) is 7.68. The van der Waals surface area contributed by atoms with Crippen LogP contribution in [0.25, 0.3) is 10.9 Å². The Balaban J connectivity index is 1.91. The molecule has 3 aliphatic heterocycles. The smallest absolute Gasteiger partial charge is 0.307 e. The molecule has 1 aromatic heterocycles. The fraction of sp³-hybridized carbons (Fsp3) is 0.467. The first-order chi connectivity index (χ1) is 10.1. The summed E-state index contributed by atoms with van der Waals surface area (Å²) in [5.74, 6) is 0.429. The molecule has 2 aromatic rings. The molecule has 0 aliphatic carbocycles. The topological polar surface area (TPSA) is 58.1 Å². The van der Waals surface area contributed by atoms with Crippen molar-refractivity contribution in [1.82, 2.24) is 14.5 Å². The van der Waals surface area contributed by atoms with E-state index in [1.807, 2.05) is 0 Å². The van der Waals surface area contributed by atoms with Crippen molar-refractivity contribution in [3.05, 3.63) is 44.1 Å². The second kappa shape index (κ2) is 4.71. The van der Waals surface area contributed by atoms with E-state index in [0.717, 1.165) is 32.5 Å². The number of hydrogen-bond donors (Lipinski definition) is 1. The minimum absolute atomic E-state index is 0.0103. The normalized spacial score (nSPS) is 28.1. The third-order valence-electron chi connectivity index (χ3n) is 4.84. The molecule has 1 unspecified atom stereocenters. The lowest BCUT2D eigenvalue weighted by Gasteiger charge is -2.44. The molecule has 0 amide bonds. The number of fused-ring (bicyclic) bond motifs is 4. The van der Waals surface area contributed by atoms with Crippen molar-refractivity contribution in [3.63, 3.8) is 0 Å². The fourth-order valence-corrected chi connectivity index (χ4v) is 3.90. The molecule has 0 spiro atoms. The quantitative estimate of drug-likeness (QED) is 0.871. The average molecular weight is 306 g/mol. The molecule has 1 N–H and O–H groups in total. The number of halogens is 1. The lowest BCUT2D eigenvalue weighted by molar-refractivity contribution is 0.0536. The molecule has 0 radical (unpaired) electrons. The molecule has 1 aromatic carbocycles. The summed E-state index contributed by atoms with van der Waals surface area (Å²) in [6.45, 7) is 2.96. The van der Waals surface area contributed by atoms with Crippen molar-refractivity contribution in [1.29, 1.82) is 0 Å². The standard InChI is InChI=1S/C15H16ClN3O2/c16-10-1-2-11-12(7-10)17-15(21)19(14(11)20)13-8-18-5-3-9(13)4-6-18/h1-2,7,9,13H,3-6,8H2,(H,17,21). The van der Waals surface area contributed by atoms with E-state index in [-0.39, 0.29) is 17.3 Å². The van der Waals surface area contributed by atoms with Gasteiger partial charge in [-0.05, 0) is 50.0 Å². The zero-order valence-electron chi connectivity index (χ0n) is 11.5. The van der Waals surface area contributed by atoms with Gasteiger partial charge in [0.15, 0.2) is 0 Å². The van der Waals surface area contributed by atoms with Crippen LogP contribution in [0.4, 0.5) is 0 Å². The molecular formula is C15H16ClN3O2. The predicted octanol–water partition coefficient (Wildman–Crippen LogP) is 1.61. The summed E-state index contributed by atoms with van der Waals surface area (Å²) in [7, 11) is 0. The van der Waals surface area contributed by atoms with Crippen molar-refractivity contribution in [2.24, 2.45) is 5.92 Å². The summed E-state index contributed by atoms with van der Waals surface area (Å²) >= 11 is 5.93. The minimum Gasteiger partial charge on any atom is -0.307 e. The Morgan fingerprint density at radius 1 is 1.19 bits per heavy atom. The van der Waals surface area contributed by atoms with E-state index < -0.39 is 0 Å². The largest absolute Gasteiger partial charge is 0.329 e. The van der Waals surface area contributed by atoms with Gasteiger partial charge in [0.2, 0.25) is 0 Å². The van der Waals surface area contributed by atoms with Crippen LogP contribution in [-0.4, -0.2) is 34.1 Å². The van der Waals surface area contributed by atoms with E-state index in [9.17, 15) is 9.59 Å². The second-order valence-electron chi connectivity index (χ2n) is 6.00. The van der Waals surface area contributed by atoms with E-state index in [4.69, 9.17) is 11.6 Å². The summed E-state index contributed by atoms with van der Waals surface area (Å²) in [5.41, 5.74) is -0.0206. The van der Waals surface area contributed by atoms with E-state index in [1.165, 1.54) is 4.57 Å². The number of nitrogens with one attached hydrogen (secondary N) is 1. The van der Waals surface area contributed by atoms with Gasteiger partial charge in [-0.3, -0.25) is 9.36 Å². The zero-order valence-corrected chi connectivity index (χ0v) is 12.3. The van der Waals surface area contributed by atoms with Gasteiger partial charge < -0.3 is 9.88 Å². The van der Waals surface area contributed by atoms with Crippen LogP contribution in [0.15, 0.2) is 27.8 Å². The number of nitrogens with zero attached hydrogens (tertiary/aromatic N) is 2. The number of benzene rings is 1. The van der Waals surface area contributed by atoms with E-state index in [0.29, 0.717) is 21.8 Å². The third-order valence-corrected chi connectivity index (χ3v) is 5.08. The Labute approximate surface area is 126 Å². The number of aromatic amines is 1. The number of hydrogen-bond acceptors (Lipinski definition) is 3. The van der Waals surface area contributed by atoms with Crippen LogP contribution >= 0.6 is 11.6 Å². The Morgan fingerprint density at radius 3 is 2.62 bits per heavy atom. The van der Waals surface area contributed by atoms with Gasteiger partial charge in [0.05, 0.1) is 16.9 Å². The SMILES string of the molecule is O=c1[nH]c2cc(Cl)ccc2c(=O)n1C1CN2CCC1CC2. The maximum Gasteiger partial charge on any atom is 0.329 e. The molecule has 2 bridgehead atoms. The number of H-pyrrole nitrogens is 1. The van der Waals surface area contributed by atoms with Crippen LogP contribution in [0.3, 0.4) is 0 Å². The maximum absolute atomic E-state index is 12.7. The summed E-state index contributed by atoms with van der Waals surface area (Å²) < 4.78 is 1.42. The Hall–Kier alpha value is -1.59. The number of rotatable bonds is 1. The molecule has 21 heavy (non-hydrogen) atoms. The van der Waals surface area contributed by atoms with Gasteiger partial charge in [-0.25, -0.2) is 4.79 Å². The lowest BCUT2D eigenvalue weighted by Crippen LogP contribution is -2.53. The highest BCUT2D eigenvalue weighted by molar-refractivity contribution is 6.31. The van der Waals surface area contributed by atoms with Gasteiger partial charge in [0.1, 0.15) is 0 Å². The predicted molar refractivity (Wildman–Crippen MR) is 82.0 cm³/mol. The monoisotopic (exact) mass is 305 g/mol. The van der Waals surface area contributed by atoms with Crippen LogP contribution in [-0.2, 0) is 0 Å². The van der Waals surface area contributed by atoms with Crippen LogP contribution in [0.2, 0.25) is 5.02 Å². The molecule has 3 aliphatic rings. The second-order valence-corrected chi connectivity index (χ2v) is 6.44. The molecule has 3 fully saturated rings. The Bertz CT molecular complexity index is 818. The van der Waals surface area contributed by atoms with Gasteiger partial charge in [0, 0.05) is 11.6 Å². The molecule has 6 heteroatoms. The van der Waals surface area contributed by atoms with Crippen molar-refractivity contribution < 1.29 is 0 Å². The molecule has 4 heterocycles. The van der Waals surface area contributed by atoms with E-state index >= 15 is 0 Å². The highest BCUT2D eigenvalue weighted by atomic mass is 35.5. The summed E-state index contributed by atoms with van der Waals surface area (Å²) in [5, 5.41) is 1.04. The summed E-state index contributed by atoms with van der Waals surface area (Å²) in [6, 6.07) is 4.99. The Kier molecular flexibility index (Phi) is 2.94. The first-order valence-electron chi connectivity index (χ1n) is 7.30. The van der Waals surface area contributed by atoms with Crippen molar-refractivity contribution in [2.75, 3.05) is 19.6 Å². The van der Waals surface area contributed by atoms with Gasteiger partial charge in [-0.2, -0.15) is 0 Å². The van der Waals surface area contributed by atoms with Crippen molar-refractivity contribution in [3.8, 4) is 0 Å². The van der Waals surface area contributed by atoms with Gasteiger partial charge in [-0.1, -0.05) is 11.6 Å². The van der Waals surface area contributed by atoms with Crippen molar-refractivity contribution in [2.45, 2.75) is 18.9 Å². The molecule has 5 nitrogen and oxygen atoms in total. The highest BCUT2D eigenvalue weighted by Crippen LogP contribution is 2.34. The average Bonchev–Trinajstić information content (AvgIpc) is 2.48. The maximum atomic E-state index is 12.7. The Morgan fingerprint density at radius 2 is 1.95 bits per heavy atom. The molecule has 0 saturated carbocycles. The van der Waals surface area contributed by atoms with Gasteiger partial charge >= 0.3 is 5.69 Å². The van der Waals surface area contributed by atoms with E-state index in [1.54, 1.807) is 18.2 Å². The molecule has 3 saturated heterocycles. The number of piperidine rings is 3. The lowest BCUT2D eigenvalue weighted by atomic mass is 9.84. The number of aromatic nitrogens is 2. The molecule has 110 valence electrons. The first kappa shape index (κ1) is 13.1.